The summed E-state index contributed by atoms with van der Waals surface area (Å²) >= 11 is 0. The molecule has 0 spiro atoms. The molecule has 224 valence electrons. The minimum atomic E-state index is -5.62. The van der Waals surface area contributed by atoms with Crippen LogP contribution in [0.1, 0.15) is 0 Å². The number of benzene rings is 4. The lowest BCUT2D eigenvalue weighted by Crippen LogP contribution is -2.15. The van der Waals surface area contributed by atoms with Crippen LogP contribution >= 0.6 is 0 Å². The van der Waals surface area contributed by atoms with E-state index >= 15 is 0 Å². The van der Waals surface area contributed by atoms with Gasteiger partial charge in [0.15, 0.2) is 0 Å². The highest BCUT2D eigenvalue weighted by Crippen LogP contribution is 2.36. The van der Waals surface area contributed by atoms with E-state index in [1.165, 1.54) is 24.3 Å². The molecule has 0 bridgehead atoms. The zero-order valence-electron chi connectivity index (χ0n) is 20.2. The van der Waals surface area contributed by atoms with Gasteiger partial charge in [0, 0.05) is 5.39 Å². The monoisotopic (exact) mass is 675 g/mol. The lowest BCUT2D eigenvalue weighted by molar-refractivity contribution is 0.459. The van der Waals surface area contributed by atoms with E-state index in [-0.39, 0.29) is 6.07 Å². The summed E-state index contributed by atoms with van der Waals surface area (Å²) in [4.78, 5) is -4.81. The fourth-order valence-corrected chi connectivity index (χ4v) is 7.26. The Morgan fingerprint density at radius 2 is 0.857 bits per heavy atom. The molecule has 0 aliphatic carbocycles. The van der Waals surface area contributed by atoms with E-state index < -0.39 is 91.4 Å². The maximum Gasteiger partial charge on any atom is 0.261 e. The number of rotatable bonds is 8. The third-order valence-corrected chi connectivity index (χ3v) is 10.4. The molecule has 0 amide bonds. The van der Waals surface area contributed by atoms with Crippen LogP contribution < -0.4 is 4.72 Å². The van der Waals surface area contributed by atoms with E-state index in [0.717, 1.165) is 24.3 Å². The smallest absolute Gasteiger partial charge is 0.261 e. The molecule has 0 unspecified atom stereocenters. The topological polar surface area (TPSA) is 275 Å². The van der Waals surface area contributed by atoms with Crippen molar-refractivity contribution in [3.63, 3.8) is 0 Å². The van der Waals surface area contributed by atoms with Crippen molar-refractivity contribution in [1.29, 1.82) is 0 Å². The molecule has 0 fully saturated rings. The molecule has 0 aliphatic heterocycles. The van der Waals surface area contributed by atoms with E-state index in [0.29, 0.717) is 29.3 Å². The third-order valence-electron chi connectivity index (χ3n) is 5.69. The van der Waals surface area contributed by atoms with Gasteiger partial charge in [0.05, 0.1) is 30.2 Å². The SMILES string of the molecule is O=S(=O)([O-])c1ccc(-c2ccc(S(=O)(=O)Nc3cc(S(=O)(=O)[O-])cc4cc(S(=O)(=O)[O-])cc(S(=O)(=O)[O-])c34)cc2)cc1. The molecule has 1 N–H and O–H groups in total. The maximum absolute atomic E-state index is 13.2. The number of sulfonamides is 1. The van der Waals surface area contributed by atoms with E-state index in [1.807, 2.05) is 4.72 Å². The number of hydrogen-bond donors (Lipinski definition) is 1. The predicted octanol–water partition coefficient (Wildman–Crippen LogP) is 0.924. The van der Waals surface area contributed by atoms with Crippen molar-refractivity contribution >= 4 is 67.0 Å². The van der Waals surface area contributed by atoms with Crippen molar-refractivity contribution in [3.05, 3.63) is 72.8 Å². The molecule has 42 heavy (non-hydrogen) atoms. The molecule has 0 atom stereocenters. The number of hydrogen-bond acceptors (Lipinski definition) is 14. The molecule has 4 rings (SSSR count). The fourth-order valence-electron chi connectivity index (χ4n) is 3.83. The van der Waals surface area contributed by atoms with Gasteiger partial charge in [0.2, 0.25) is 0 Å². The predicted molar refractivity (Wildman–Crippen MR) is 138 cm³/mol. The summed E-state index contributed by atoms with van der Waals surface area (Å²) in [5, 5.41) is -1.56. The molecule has 4 aromatic carbocycles. The summed E-state index contributed by atoms with van der Waals surface area (Å²) < 4.78 is 167. The van der Waals surface area contributed by atoms with Crippen molar-refractivity contribution in [3.8, 4) is 11.1 Å². The first kappa shape index (κ1) is 31.5. The van der Waals surface area contributed by atoms with Gasteiger partial charge in [0.1, 0.15) is 40.5 Å². The second-order valence-electron chi connectivity index (χ2n) is 8.46. The standard InChI is InChI=1S/C22H17NO14S5/c24-38(25,16-5-1-13(2-6-16)14-3-7-17(8-4-14)39(26,27)28)23-20-11-18(40(29,30)31)9-15-10-19(41(32,33)34)12-21(22(15)20)42(35,36)37/h1-12,23H,(H,26,27,28)(H,29,30,31)(H,32,33,34)(H,35,36,37)/p-4. The van der Waals surface area contributed by atoms with Crippen LogP contribution in [0.15, 0.2) is 97.3 Å². The quantitative estimate of drug-likeness (QED) is 0.254. The average Bonchev–Trinajstić information content (AvgIpc) is 2.85. The Morgan fingerprint density at radius 3 is 1.26 bits per heavy atom. The number of anilines is 1. The number of fused-ring (bicyclic) bond motifs is 1. The highest BCUT2D eigenvalue weighted by atomic mass is 32.2. The van der Waals surface area contributed by atoms with Crippen molar-refractivity contribution in [2.75, 3.05) is 4.72 Å². The third kappa shape index (κ3) is 6.61. The second-order valence-corrected chi connectivity index (χ2v) is 15.6. The maximum atomic E-state index is 13.2. The van der Waals surface area contributed by atoms with Crippen LogP contribution in [0.3, 0.4) is 0 Å². The lowest BCUT2D eigenvalue weighted by atomic mass is 10.1. The van der Waals surface area contributed by atoms with E-state index in [1.54, 1.807) is 0 Å². The van der Waals surface area contributed by atoms with Crippen LogP contribution in [0.25, 0.3) is 21.9 Å². The van der Waals surface area contributed by atoms with Gasteiger partial charge in [0.25, 0.3) is 10.0 Å². The van der Waals surface area contributed by atoms with Crippen LogP contribution in [0.2, 0.25) is 0 Å². The molecule has 0 saturated heterocycles. The largest absolute Gasteiger partial charge is 0.744 e. The second kappa shape index (κ2) is 10.4. The Bertz CT molecular complexity index is 2290. The van der Waals surface area contributed by atoms with E-state index in [9.17, 15) is 60.3 Å². The molecule has 4 aromatic rings. The van der Waals surface area contributed by atoms with E-state index in [4.69, 9.17) is 0 Å². The van der Waals surface area contributed by atoms with Crippen LogP contribution in [0.5, 0.6) is 0 Å². The molecular weight excluding hydrogens is 663 g/mol. The van der Waals surface area contributed by atoms with Crippen molar-refractivity contribution in [1.82, 2.24) is 0 Å². The van der Waals surface area contributed by atoms with Gasteiger partial charge in [-0.25, -0.2) is 42.1 Å². The first-order valence-corrected chi connectivity index (χ1v) is 17.9. The summed E-state index contributed by atoms with van der Waals surface area (Å²) in [7, 11) is -25.9. The van der Waals surface area contributed by atoms with Crippen molar-refractivity contribution in [2.24, 2.45) is 0 Å². The molecule has 0 heterocycles. The zero-order chi connectivity index (χ0) is 31.5. The molecule has 15 nitrogen and oxygen atoms in total. The van der Waals surface area contributed by atoms with Gasteiger partial charge in [-0.3, -0.25) is 4.72 Å². The minimum Gasteiger partial charge on any atom is -0.744 e. The minimum absolute atomic E-state index is 0.175. The molecule has 0 aromatic heterocycles. The van der Waals surface area contributed by atoms with Crippen LogP contribution in [0.4, 0.5) is 5.69 Å². The van der Waals surface area contributed by atoms with Gasteiger partial charge in [-0.2, -0.15) is 0 Å². The van der Waals surface area contributed by atoms with E-state index in [2.05, 4.69) is 0 Å². The zero-order valence-corrected chi connectivity index (χ0v) is 24.3. The Hall–Kier alpha value is -3.47. The first-order chi connectivity index (χ1) is 19.1. The average molecular weight is 676 g/mol. The summed E-state index contributed by atoms with van der Waals surface area (Å²) in [5.74, 6) is 0. The van der Waals surface area contributed by atoms with Crippen molar-refractivity contribution < 1.29 is 60.3 Å². The first-order valence-electron chi connectivity index (χ1n) is 10.8. The Balaban J connectivity index is 1.87. The highest BCUT2D eigenvalue weighted by Gasteiger charge is 2.22. The van der Waals surface area contributed by atoms with Crippen molar-refractivity contribution in [2.45, 2.75) is 24.5 Å². The van der Waals surface area contributed by atoms with Crippen LogP contribution in [-0.4, -0.2) is 60.3 Å². The van der Waals surface area contributed by atoms with Gasteiger partial charge in [-0.15, -0.1) is 0 Å². The summed E-state index contributed by atoms with van der Waals surface area (Å²) in [6, 6.07) is 10.8. The molecule has 0 aliphatic rings. The summed E-state index contributed by atoms with van der Waals surface area (Å²) in [5.41, 5.74) is -0.169. The Morgan fingerprint density at radius 1 is 0.452 bits per heavy atom. The fraction of sp³-hybridized carbons (Fsp3) is 0. The summed E-state index contributed by atoms with van der Waals surface area (Å²) in [6.45, 7) is 0. The van der Waals surface area contributed by atoms with Gasteiger partial charge < -0.3 is 18.2 Å². The molecule has 20 heteroatoms. The lowest BCUT2D eigenvalue weighted by Gasteiger charge is -2.20. The van der Waals surface area contributed by atoms with Crippen LogP contribution in [-0.2, 0) is 50.5 Å². The normalized spacial score (nSPS) is 13.2. The highest BCUT2D eigenvalue weighted by molar-refractivity contribution is 7.92. The Kier molecular flexibility index (Phi) is 7.76. The molecule has 0 radical (unpaired) electrons. The number of nitrogens with one attached hydrogen (secondary N) is 1. The van der Waals surface area contributed by atoms with Gasteiger partial charge in [-0.1, -0.05) is 24.3 Å². The summed E-state index contributed by atoms with van der Waals surface area (Å²) in [6.07, 6.45) is 0. The van der Waals surface area contributed by atoms with Gasteiger partial charge in [-0.05, 0) is 65.0 Å². The van der Waals surface area contributed by atoms with Crippen LogP contribution in [0, 0.1) is 0 Å². The molecule has 0 saturated carbocycles. The Labute approximate surface area is 239 Å². The van der Waals surface area contributed by atoms with Gasteiger partial charge >= 0.3 is 0 Å². The molecular formula is C22H13NO14S5-4.